The van der Waals surface area contributed by atoms with Gasteiger partial charge in [-0.15, -0.1) is 0 Å². The minimum atomic E-state index is -0.382. The summed E-state index contributed by atoms with van der Waals surface area (Å²) >= 11 is 0. The molecule has 1 rings (SSSR count). The normalized spacial score (nSPS) is 21.4. The van der Waals surface area contributed by atoms with Crippen LogP contribution in [0.5, 0.6) is 0 Å². The smallest absolute Gasteiger partial charge is 0.105 e. The molecule has 2 atom stereocenters. The summed E-state index contributed by atoms with van der Waals surface area (Å²) in [5.74, 6) is 0. The Morgan fingerprint density at radius 2 is 1.89 bits per heavy atom. The Bertz CT molecular complexity index is 309. The lowest BCUT2D eigenvalue weighted by Crippen LogP contribution is -2.48. The first kappa shape index (κ1) is 15.5. The summed E-state index contributed by atoms with van der Waals surface area (Å²) in [4.78, 5) is 2.37. The van der Waals surface area contributed by atoms with E-state index < -0.39 is 0 Å². The number of hydrogen-bond donors (Lipinski definition) is 1. The van der Waals surface area contributed by atoms with E-state index in [9.17, 15) is 5.26 Å². The van der Waals surface area contributed by atoms with E-state index in [1.54, 1.807) is 0 Å². The standard InChI is InChI=1S/C15H29N3/c1-12(18(6)11-14(2,3)4)9-15(5,10-16)17-13-7-8-13/h12-13,17H,7-9,11H2,1-6H3. The molecule has 18 heavy (non-hydrogen) atoms. The molecule has 2 unspecified atom stereocenters. The molecule has 1 aliphatic rings. The highest BCUT2D eigenvalue weighted by molar-refractivity contribution is 5.08. The molecule has 0 spiro atoms. The van der Waals surface area contributed by atoms with Crippen LogP contribution in [0.2, 0.25) is 0 Å². The molecule has 104 valence electrons. The van der Waals surface area contributed by atoms with Gasteiger partial charge in [0.1, 0.15) is 5.54 Å². The molecule has 0 radical (unpaired) electrons. The van der Waals surface area contributed by atoms with Gasteiger partial charge in [-0.3, -0.25) is 5.32 Å². The van der Waals surface area contributed by atoms with E-state index in [1.807, 2.05) is 6.92 Å². The van der Waals surface area contributed by atoms with Crippen LogP contribution in [-0.2, 0) is 0 Å². The van der Waals surface area contributed by atoms with Crippen molar-refractivity contribution in [1.29, 1.82) is 5.26 Å². The highest BCUT2D eigenvalue weighted by atomic mass is 15.1. The third-order valence-electron chi connectivity index (χ3n) is 3.53. The van der Waals surface area contributed by atoms with Gasteiger partial charge in [-0.05, 0) is 45.6 Å². The lowest BCUT2D eigenvalue weighted by atomic mass is 9.91. The molecule has 0 heterocycles. The van der Waals surface area contributed by atoms with Gasteiger partial charge in [0.15, 0.2) is 0 Å². The molecule has 0 aliphatic heterocycles. The Kier molecular flexibility index (Phi) is 4.80. The molecule has 3 nitrogen and oxygen atoms in total. The number of rotatable bonds is 6. The first-order valence-electron chi connectivity index (χ1n) is 7.04. The molecule has 0 aromatic heterocycles. The zero-order chi connectivity index (χ0) is 14.0. The number of nitriles is 1. The average molecular weight is 251 g/mol. The van der Waals surface area contributed by atoms with Gasteiger partial charge in [0.2, 0.25) is 0 Å². The Labute approximate surface area is 113 Å². The van der Waals surface area contributed by atoms with Gasteiger partial charge in [-0.2, -0.15) is 5.26 Å². The van der Waals surface area contributed by atoms with Gasteiger partial charge in [0, 0.05) is 18.6 Å². The Hall–Kier alpha value is -0.590. The maximum absolute atomic E-state index is 9.39. The summed E-state index contributed by atoms with van der Waals surface area (Å²) in [5.41, 5.74) is -0.0807. The van der Waals surface area contributed by atoms with Crippen LogP contribution in [0.1, 0.15) is 53.9 Å². The third-order valence-corrected chi connectivity index (χ3v) is 3.53. The van der Waals surface area contributed by atoms with Gasteiger partial charge >= 0.3 is 0 Å². The van der Waals surface area contributed by atoms with Crippen LogP contribution in [0.25, 0.3) is 0 Å². The Morgan fingerprint density at radius 3 is 2.28 bits per heavy atom. The van der Waals surface area contributed by atoms with Gasteiger partial charge < -0.3 is 4.90 Å². The fourth-order valence-electron chi connectivity index (χ4n) is 2.47. The van der Waals surface area contributed by atoms with Crippen LogP contribution in [0.4, 0.5) is 0 Å². The van der Waals surface area contributed by atoms with Crippen LogP contribution in [0.15, 0.2) is 0 Å². The first-order valence-corrected chi connectivity index (χ1v) is 7.04. The fourth-order valence-corrected chi connectivity index (χ4v) is 2.47. The summed E-state index contributed by atoms with van der Waals surface area (Å²) in [5, 5.41) is 12.9. The molecule has 0 aromatic rings. The topological polar surface area (TPSA) is 39.1 Å². The van der Waals surface area contributed by atoms with Crippen LogP contribution < -0.4 is 5.32 Å². The zero-order valence-electron chi connectivity index (χ0n) is 12.9. The van der Waals surface area contributed by atoms with Crippen molar-refractivity contribution in [3.8, 4) is 6.07 Å². The minimum Gasteiger partial charge on any atom is -0.303 e. The average Bonchev–Trinajstić information content (AvgIpc) is 2.98. The lowest BCUT2D eigenvalue weighted by molar-refractivity contribution is 0.157. The van der Waals surface area contributed by atoms with Gasteiger partial charge in [-0.1, -0.05) is 20.8 Å². The van der Waals surface area contributed by atoms with E-state index in [0.29, 0.717) is 17.5 Å². The molecule has 1 aliphatic carbocycles. The summed E-state index contributed by atoms with van der Waals surface area (Å²) in [6, 6.07) is 3.46. The van der Waals surface area contributed by atoms with E-state index in [1.165, 1.54) is 12.8 Å². The van der Waals surface area contributed by atoms with Gasteiger partial charge in [-0.25, -0.2) is 0 Å². The quantitative estimate of drug-likeness (QED) is 0.789. The molecule has 0 aromatic carbocycles. The van der Waals surface area contributed by atoms with Crippen molar-refractivity contribution in [3.05, 3.63) is 0 Å². The highest BCUT2D eigenvalue weighted by Crippen LogP contribution is 2.26. The maximum Gasteiger partial charge on any atom is 0.105 e. The second kappa shape index (κ2) is 5.59. The molecule has 1 fully saturated rings. The molecular formula is C15H29N3. The lowest BCUT2D eigenvalue weighted by Gasteiger charge is -2.35. The SMILES string of the molecule is CC(CC(C)(C#N)NC1CC1)N(C)CC(C)(C)C. The Morgan fingerprint density at radius 1 is 1.33 bits per heavy atom. The van der Waals surface area contributed by atoms with Crippen molar-refractivity contribution >= 4 is 0 Å². The molecule has 3 heteroatoms. The van der Waals surface area contributed by atoms with E-state index >= 15 is 0 Å². The van der Waals surface area contributed by atoms with Crippen LogP contribution in [0.3, 0.4) is 0 Å². The molecule has 0 amide bonds. The zero-order valence-corrected chi connectivity index (χ0v) is 12.9. The largest absolute Gasteiger partial charge is 0.303 e. The third kappa shape index (κ3) is 5.37. The number of nitrogens with one attached hydrogen (secondary N) is 1. The van der Waals surface area contributed by atoms with E-state index in [-0.39, 0.29) is 5.54 Å². The van der Waals surface area contributed by atoms with Gasteiger partial charge in [0.05, 0.1) is 6.07 Å². The Balaban J connectivity index is 2.50. The summed E-state index contributed by atoms with van der Waals surface area (Å²) in [6.45, 7) is 12.1. The molecule has 0 bridgehead atoms. The molecule has 1 N–H and O–H groups in total. The van der Waals surface area contributed by atoms with Crippen LogP contribution in [-0.4, -0.2) is 36.1 Å². The fraction of sp³-hybridized carbons (Fsp3) is 0.933. The second-order valence-electron chi connectivity index (χ2n) is 7.39. The van der Waals surface area contributed by atoms with Crippen LogP contribution >= 0.6 is 0 Å². The van der Waals surface area contributed by atoms with Crippen LogP contribution in [0, 0.1) is 16.7 Å². The van der Waals surface area contributed by atoms with E-state index in [4.69, 9.17) is 0 Å². The van der Waals surface area contributed by atoms with Crippen molar-refractivity contribution in [2.45, 2.75) is 71.5 Å². The maximum atomic E-state index is 9.39. The summed E-state index contributed by atoms with van der Waals surface area (Å²) < 4.78 is 0. The predicted molar refractivity (Wildman–Crippen MR) is 76.3 cm³/mol. The molecular weight excluding hydrogens is 222 g/mol. The first-order chi connectivity index (χ1) is 8.15. The van der Waals surface area contributed by atoms with E-state index in [2.05, 4.69) is 51.0 Å². The van der Waals surface area contributed by atoms with Gasteiger partial charge in [0.25, 0.3) is 0 Å². The van der Waals surface area contributed by atoms with Crippen molar-refractivity contribution in [1.82, 2.24) is 10.2 Å². The van der Waals surface area contributed by atoms with Crippen molar-refractivity contribution in [3.63, 3.8) is 0 Å². The highest BCUT2D eigenvalue weighted by Gasteiger charge is 2.34. The minimum absolute atomic E-state index is 0.302. The van der Waals surface area contributed by atoms with Crippen molar-refractivity contribution in [2.75, 3.05) is 13.6 Å². The van der Waals surface area contributed by atoms with E-state index in [0.717, 1.165) is 13.0 Å². The van der Waals surface area contributed by atoms with Crippen molar-refractivity contribution in [2.24, 2.45) is 5.41 Å². The number of nitrogens with zero attached hydrogens (tertiary/aromatic N) is 2. The summed E-state index contributed by atoms with van der Waals surface area (Å²) in [6.07, 6.45) is 3.33. The summed E-state index contributed by atoms with van der Waals surface area (Å²) in [7, 11) is 2.16. The number of hydrogen-bond acceptors (Lipinski definition) is 3. The van der Waals surface area contributed by atoms with Crippen molar-refractivity contribution < 1.29 is 0 Å². The monoisotopic (exact) mass is 251 g/mol. The second-order valence-corrected chi connectivity index (χ2v) is 7.39. The molecule has 1 saturated carbocycles. The molecule has 0 saturated heterocycles. The predicted octanol–water partition coefficient (Wildman–Crippen LogP) is 2.78.